The zero-order valence-electron chi connectivity index (χ0n) is 7.59. The fourth-order valence-electron chi connectivity index (χ4n) is 0.646. The number of hydrogen-bond acceptors (Lipinski definition) is 4. The van der Waals surface area contributed by atoms with Gasteiger partial charge in [0.2, 0.25) is 0 Å². The first-order valence-electron chi connectivity index (χ1n) is 3.85. The number of hydrogen-bond donors (Lipinski definition) is 2. The molecule has 2 N–H and O–H groups in total. The lowest BCUT2D eigenvalue weighted by Crippen LogP contribution is -2.02. The summed E-state index contributed by atoms with van der Waals surface area (Å²) < 4.78 is 4.81. The number of esters is 1. The van der Waals surface area contributed by atoms with Gasteiger partial charge in [-0.3, -0.25) is 0 Å². The molecule has 1 rings (SSSR count). The number of carbonyl (C=O) groups is 1. The molecule has 0 fully saturated rings. The normalized spacial score (nSPS) is 7.86. The van der Waals surface area contributed by atoms with Crippen molar-refractivity contribution in [1.29, 1.82) is 0 Å². The molecule has 0 amide bonds. The van der Waals surface area contributed by atoms with Crippen molar-refractivity contribution < 1.29 is 19.6 Å². The van der Waals surface area contributed by atoms with Crippen molar-refractivity contribution in [2.75, 3.05) is 0 Å². The van der Waals surface area contributed by atoms with Crippen LogP contribution in [0.1, 0.15) is 0 Å². The second kappa shape index (κ2) is 8.03. The van der Waals surface area contributed by atoms with Crippen LogP contribution in [0.15, 0.2) is 43.0 Å². The Hall–Kier alpha value is -1.59. The van der Waals surface area contributed by atoms with Gasteiger partial charge < -0.3 is 14.8 Å². The molecule has 74 valence electrons. The Balaban J connectivity index is 0.000000500. The smallest absolute Gasteiger partial charge is 0.430 e. The fraction of sp³-hybridized carbons (Fsp3) is 0. The lowest BCUT2D eigenvalue weighted by atomic mass is 10.3. The third kappa shape index (κ3) is 5.99. The van der Waals surface area contributed by atoms with Crippen molar-refractivity contribution in [1.82, 2.24) is 0 Å². The summed E-state index contributed by atoms with van der Waals surface area (Å²) in [5.41, 5.74) is 0. The standard InChI is InChI=1S/C9H8O2.BH3O2/c1-2-9(10)11-8-6-4-3-5-7-8;2-1-3/h2-7H,1H2;1-3H. The first kappa shape index (κ1) is 12.4. The zero-order valence-corrected chi connectivity index (χ0v) is 7.59. The van der Waals surface area contributed by atoms with Crippen molar-refractivity contribution >= 4 is 13.7 Å². The summed E-state index contributed by atoms with van der Waals surface area (Å²) >= 11 is 0. The van der Waals surface area contributed by atoms with Crippen molar-refractivity contribution in [3.63, 3.8) is 0 Å². The highest BCUT2D eigenvalue weighted by atomic mass is 16.5. The van der Waals surface area contributed by atoms with Crippen LogP contribution in [0.4, 0.5) is 0 Å². The van der Waals surface area contributed by atoms with Gasteiger partial charge in [-0.15, -0.1) is 0 Å². The summed E-state index contributed by atoms with van der Waals surface area (Å²) in [6.45, 7) is 3.28. The monoisotopic (exact) mass is 194 g/mol. The lowest BCUT2D eigenvalue weighted by molar-refractivity contribution is -0.128. The Kier molecular flexibility index (Phi) is 7.12. The molecule has 0 bridgehead atoms. The molecule has 4 nitrogen and oxygen atoms in total. The number of carbonyl (C=O) groups excluding carboxylic acids is 1. The molecule has 14 heavy (non-hydrogen) atoms. The molecular weight excluding hydrogens is 183 g/mol. The van der Waals surface area contributed by atoms with Crippen molar-refractivity contribution in [2.24, 2.45) is 0 Å². The van der Waals surface area contributed by atoms with Crippen LogP contribution >= 0.6 is 0 Å². The predicted molar refractivity (Wildman–Crippen MR) is 53.9 cm³/mol. The average Bonchev–Trinajstić information content (AvgIpc) is 2.20. The van der Waals surface area contributed by atoms with Gasteiger partial charge in [0.25, 0.3) is 0 Å². The van der Waals surface area contributed by atoms with Gasteiger partial charge in [-0.1, -0.05) is 24.8 Å². The van der Waals surface area contributed by atoms with Crippen LogP contribution in [0.2, 0.25) is 0 Å². The van der Waals surface area contributed by atoms with E-state index in [1.165, 1.54) is 0 Å². The number of benzene rings is 1. The summed E-state index contributed by atoms with van der Waals surface area (Å²) in [6, 6.07) is 8.87. The minimum absolute atomic E-state index is 0.434. The molecule has 5 heteroatoms. The van der Waals surface area contributed by atoms with Crippen LogP contribution in [-0.2, 0) is 4.79 Å². The van der Waals surface area contributed by atoms with E-state index >= 15 is 0 Å². The molecule has 0 spiro atoms. The van der Waals surface area contributed by atoms with Crippen LogP contribution < -0.4 is 4.74 Å². The largest absolute Gasteiger partial charge is 0.432 e. The second-order valence-corrected chi connectivity index (χ2v) is 2.08. The van der Waals surface area contributed by atoms with Crippen molar-refractivity contribution in [2.45, 2.75) is 0 Å². The zero-order chi connectivity index (χ0) is 10.8. The Labute approximate surface area is 82.8 Å². The SMILES string of the molecule is C=CC(=O)Oc1ccccc1.OBO. The molecule has 0 unspecified atom stereocenters. The number of para-hydroxylation sites is 1. The van der Waals surface area contributed by atoms with Gasteiger partial charge in [0.15, 0.2) is 0 Å². The molecule has 0 aromatic heterocycles. The van der Waals surface area contributed by atoms with Gasteiger partial charge in [0.1, 0.15) is 5.75 Å². The van der Waals surface area contributed by atoms with Crippen LogP contribution in [0.5, 0.6) is 5.75 Å². The summed E-state index contributed by atoms with van der Waals surface area (Å²) in [6.07, 6.45) is 1.13. The predicted octanol–water partition coefficient (Wildman–Crippen LogP) is 0.0155. The molecule has 1 aromatic rings. The van der Waals surface area contributed by atoms with Gasteiger partial charge in [0, 0.05) is 6.08 Å². The van der Waals surface area contributed by atoms with E-state index in [0.717, 1.165) is 6.08 Å². The lowest BCUT2D eigenvalue weighted by Gasteiger charge is -1.98. The van der Waals surface area contributed by atoms with Gasteiger partial charge in [-0.05, 0) is 12.1 Å². The van der Waals surface area contributed by atoms with Gasteiger partial charge in [-0.25, -0.2) is 4.79 Å². The van der Waals surface area contributed by atoms with E-state index < -0.39 is 13.7 Å². The Bertz CT molecular complexity index is 273. The summed E-state index contributed by atoms with van der Waals surface area (Å²) in [4.78, 5) is 10.6. The maximum atomic E-state index is 10.6. The molecule has 0 aliphatic heterocycles. The van der Waals surface area contributed by atoms with Crippen molar-refractivity contribution in [3.05, 3.63) is 43.0 Å². The summed E-state index contributed by atoms with van der Waals surface area (Å²) in [7, 11) is -0.750. The molecule has 0 aliphatic carbocycles. The first-order valence-corrected chi connectivity index (χ1v) is 3.85. The van der Waals surface area contributed by atoms with E-state index in [0.29, 0.717) is 5.75 Å². The van der Waals surface area contributed by atoms with Crippen LogP contribution in [-0.4, -0.2) is 23.7 Å². The van der Waals surface area contributed by atoms with E-state index in [2.05, 4.69) is 6.58 Å². The highest BCUT2D eigenvalue weighted by molar-refractivity contribution is 6.13. The molecule has 0 radical (unpaired) electrons. The van der Waals surface area contributed by atoms with E-state index in [1.54, 1.807) is 24.3 Å². The maximum absolute atomic E-state index is 10.6. The Morgan fingerprint density at radius 1 is 1.36 bits per heavy atom. The van der Waals surface area contributed by atoms with E-state index in [1.807, 2.05) is 6.07 Å². The highest BCUT2D eigenvalue weighted by Gasteiger charge is 1.95. The maximum Gasteiger partial charge on any atom is 0.432 e. The third-order valence-electron chi connectivity index (χ3n) is 1.13. The second-order valence-electron chi connectivity index (χ2n) is 2.08. The van der Waals surface area contributed by atoms with Crippen LogP contribution in [0.3, 0.4) is 0 Å². The van der Waals surface area contributed by atoms with E-state index in [4.69, 9.17) is 14.8 Å². The summed E-state index contributed by atoms with van der Waals surface area (Å²) in [5.74, 6) is 0.105. The minimum atomic E-state index is -0.750. The third-order valence-corrected chi connectivity index (χ3v) is 1.13. The summed E-state index contributed by atoms with van der Waals surface area (Å²) in [5, 5.41) is 14.2. The molecule has 0 aliphatic rings. The van der Waals surface area contributed by atoms with Crippen LogP contribution in [0, 0.1) is 0 Å². The van der Waals surface area contributed by atoms with Crippen LogP contribution in [0.25, 0.3) is 0 Å². The van der Waals surface area contributed by atoms with E-state index in [-0.39, 0.29) is 0 Å². The fourth-order valence-corrected chi connectivity index (χ4v) is 0.646. The number of ether oxygens (including phenoxy) is 1. The topological polar surface area (TPSA) is 66.8 Å². The van der Waals surface area contributed by atoms with E-state index in [9.17, 15) is 4.79 Å². The molecule has 0 saturated heterocycles. The van der Waals surface area contributed by atoms with Crippen molar-refractivity contribution in [3.8, 4) is 5.75 Å². The average molecular weight is 194 g/mol. The minimum Gasteiger partial charge on any atom is -0.430 e. The molecule has 1 aromatic carbocycles. The molecular formula is C9H11BO4. The quantitative estimate of drug-likeness (QED) is 0.301. The number of rotatable bonds is 2. The van der Waals surface area contributed by atoms with Gasteiger partial charge >= 0.3 is 13.7 Å². The first-order chi connectivity index (χ1) is 6.74. The molecule has 0 saturated carbocycles. The van der Waals surface area contributed by atoms with Gasteiger partial charge in [0.05, 0.1) is 0 Å². The highest BCUT2D eigenvalue weighted by Crippen LogP contribution is 2.07. The molecule has 0 heterocycles. The Morgan fingerprint density at radius 2 is 1.86 bits per heavy atom. The molecule has 0 atom stereocenters. The van der Waals surface area contributed by atoms with Gasteiger partial charge in [-0.2, -0.15) is 0 Å². The Morgan fingerprint density at radius 3 is 2.29 bits per heavy atom.